The van der Waals surface area contributed by atoms with Crippen molar-refractivity contribution in [2.24, 2.45) is 0 Å². The number of nitrogens with one attached hydrogen (secondary N) is 2. The first-order valence-electron chi connectivity index (χ1n) is 9.51. The van der Waals surface area contributed by atoms with E-state index in [1.165, 1.54) is 12.5 Å². The maximum absolute atomic E-state index is 13.2. The highest BCUT2D eigenvalue weighted by Crippen LogP contribution is 2.37. The van der Waals surface area contributed by atoms with Gasteiger partial charge in [0.15, 0.2) is 0 Å². The molecule has 4 nitrogen and oxygen atoms in total. The molecule has 0 heterocycles. The van der Waals surface area contributed by atoms with Crippen molar-refractivity contribution in [3.05, 3.63) is 53.1 Å². The predicted octanol–water partition coefficient (Wildman–Crippen LogP) is 6.77. The molecule has 1 aliphatic rings. The van der Waals surface area contributed by atoms with Crippen molar-refractivity contribution >= 4 is 34.7 Å². The van der Waals surface area contributed by atoms with Gasteiger partial charge in [-0.25, -0.2) is 4.79 Å². The van der Waals surface area contributed by atoms with Crippen molar-refractivity contribution in [1.82, 2.24) is 0 Å². The van der Waals surface area contributed by atoms with E-state index < -0.39 is 17.8 Å². The molecule has 2 aromatic carbocycles. The van der Waals surface area contributed by atoms with Gasteiger partial charge in [0.05, 0.1) is 16.9 Å². The van der Waals surface area contributed by atoms with E-state index in [0.29, 0.717) is 16.4 Å². The Morgan fingerprint density at radius 3 is 2.45 bits per heavy atom. The van der Waals surface area contributed by atoms with Gasteiger partial charge < -0.3 is 15.5 Å². The molecule has 0 spiro atoms. The van der Waals surface area contributed by atoms with Crippen molar-refractivity contribution in [1.29, 1.82) is 0 Å². The quantitative estimate of drug-likeness (QED) is 0.567. The number of urea groups is 1. The summed E-state index contributed by atoms with van der Waals surface area (Å²) < 4.78 is 39.7. The standard InChI is InChI=1S/C21H23ClF3N3O/c1-28(17-8-3-2-4-9-17)19-11-10-14(21(23,24)25)12-18(19)27-20(29)26-16-7-5-6-15(22)13-16/h5-7,10-13,17H,2-4,8-9H2,1H3,(H2,26,27,29). The van der Waals surface area contributed by atoms with Crippen LogP contribution in [-0.2, 0) is 6.18 Å². The number of carbonyl (C=O) groups excluding carboxylic acids is 1. The van der Waals surface area contributed by atoms with E-state index >= 15 is 0 Å². The van der Waals surface area contributed by atoms with Crippen LogP contribution in [-0.4, -0.2) is 19.1 Å². The van der Waals surface area contributed by atoms with Gasteiger partial charge in [-0.3, -0.25) is 0 Å². The third-order valence-corrected chi connectivity index (χ3v) is 5.39. The van der Waals surface area contributed by atoms with Crippen LogP contribution in [0.2, 0.25) is 5.02 Å². The first-order chi connectivity index (χ1) is 13.7. The number of rotatable bonds is 4. The minimum absolute atomic E-state index is 0.118. The normalized spacial score (nSPS) is 15.1. The zero-order valence-corrected chi connectivity index (χ0v) is 16.8. The highest BCUT2D eigenvalue weighted by molar-refractivity contribution is 6.30. The van der Waals surface area contributed by atoms with Crippen molar-refractivity contribution in [2.45, 2.75) is 44.3 Å². The van der Waals surface area contributed by atoms with Crippen LogP contribution in [0.5, 0.6) is 0 Å². The molecule has 0 bridgehead atoms. The summed E-state index contributed by atoms with van der Waals surface area (Å²) in [7, 11) is 1.86. The summed E-state index contributed by atoms with van der Waals surface area (Å²) in [6, 6.07) is 9.59. The number of alkyl halides is 3. The third kappa shape index (κ3) is 5.56. The highest BCUT2D eigenvalue weighted by Gasteiger charge is 2.32. The number of hydrogen-bond acceptors (Lipinski definition) is 2. The van der Waals surface area contributed by atoms with Gasteiger partial charge in [0, 0.05) is 23.8 Å². The monoisotopic (exact) mass is 425 g/mol. The molecule has 0 radical (unpaired) electrons. The first-order valence-corrected chi connectivity index (χ1v) is 9.89. The fourth-order valence-electron chi connectivity index (χ4n) is 3.64. The van der Waals surface area contributed by atoms with Gasteiger partial charge in [-0.1, -0.05) is 36.9 Å². The summed E-state index contributed by atoms with van der Waals surface area (Å²) in [5, 5.41) is 5.62. The lowest BCUT2D eigenvalue weighted by atomic mass is 9.94. The summed E-state index contributed by atoms with van der Waals surface area (Å²) in [6.45, 7) is 0. The molecular weight excluding hydrogens is 403 g/mol. The SMILES string of the molecule is CN(c1ccc(C(F)(F)F)cc1NC(=O)Nc1cccc(Cl)c1)C1CCCCC1. The lowest BCUT2D eigenvalue weighted by molar-refractivity contribution is -0.137. The second kappa shape index (κ2) is 8.95. The summed E-state index contributed by atoms with van der Waals surface area (Å²) >= 11 is 5.91. The second-order valence-electron chi connectivity index (χ2n) is 7.22. The van der Waals surface area contributed by atoms with Gasteiger partial charge in [0.2, 0.25) is 0 Å². The number of hydrogen-bond donors (Lipinski definition) is 2. The average Bonchev–Trinajstić information content (AvgIpc) is 2.67. The van der Waals surface area contributed by atoms with E-state index in [2.05, 4.69) is 10.6 Å². The molecule has 0 aliphatic heterocycles. The van der Waals surface area contributed by atoms with Gasteiger partial charge >= 0.3 is 12.2 Å². The van der Waals surface area contributed by atoms with E-state index in [0.717, 1.165) is 37.8 Å². The zero-order chi connectivity index (χ0) is 21.0. The molecule has 8 heteroatoms. The largest absolute Gasteiger partial charge is 0.416 e. The molecular formula is C21H23ClF3N3O. The molecule has 0 aromatic heterocycles. The molecule has 1 aliphatic carbocycles. The Morgan fingerprint density at radius 1 is 1.07 bits per heavy atom. The second-order valence-corrected chi connectivity index (χ2v) is 7.66. The molecule has 1 saturated carbocycles. The van der Waals surface area contributed by atoms with Crippen LogP contribution >= 0.6 is 11.6 Å². The van der Waals surface area contributed by atoms with E-state index in [-0.39, 0.29) is 11.7 Å². The van der Waals surface area contributed by atoms with Crippen molar-refractivity contribution in [3.63, 3.8) is 0 Å². The van der Waals surface area contributed by atoms with Crippen LogP contribution in [0, 0.1) is 0 Å². The van der Waals surface area contributed by atoms with Crippen molar-refractivity contribution in [2.75, 3.05) is 22.6 Å². The van der Waals surface area contributed by atoms with Gasteiger partial charge in [-0.15, -0.1) is 0 Å². The van der Waals surface area contributed by atoms with Crippen LogP contribution in [0.15, 0.2) is 42.5 Å². The number of anilines is 3. The molecule has 3 rings (SSSR count). The number of amides is 2. The maximum atomic E-state index is 13.2. The van der Waals surface area contributed by atoms with E-state index in [4.69, 9.17) is 11.6 Å². The van der Waals surface area contributed by atoms with E-state index in [1.807, 2.05) is 11.9 Å². The molecule has 29 heavy (non-hydrogen) atoms. The molecule has 2 N–H and O–H groups in total. The molecule has 156 valence electrons. The van der Waals surface area contributed by atoms with Gasteiger partial charge in [-0.05, 0) is 49.2 Å². The molecule has 1 fully saturated rings. The Labute approximate surface area is 173 Å². The Balaban J connectivity index is 1.85. The Bertz CT molecular complexity index is 866. The van der Waals surface area contributed by atoms with Crippen LogP contribution in [0.4, 0.5) is 35.0 Å². The van der Waals surface area contributed by atoms with Crippen LogP contribution < -0.4 is 15.5 Å². The molecule has 0 saturated heterocycles. The summed E-state index contributed by atoms with van der Waals surface area (Å²) in [5.41, 5.74) is 0.319. The van der Waals surface area contributed by atoms with Gasteiger partial charge in [0.25, 0.3) is 0 Å². The van der Waals surface area contributed by atoms with Crippen molar-refractivity contribution in [3.8, 4) is 0 Å². The molecule has 2 aromatic rings. The van der Waals surface area contributed by atoms with Crippen LogP contribution in [0.25, 0.3) is 0 Å². The van der Waals surface area contributed by atoms with Crippen LogP contribution in [0.1, 0.15) is 37.7 Å². The summed E-state index contributed by atoms with van der Waals surface area (Å²) in [6.07, 6.45) is 0.810. The Hall–Kier alpha value is -2.41. The zero-order valence-electron chi connectivity index (χ0n) is 16.0. The fraction of sp³-hybridized carbons (Fsp3) is 0.381. The Kier molecular flexibility index (Phi) is 6.57. The number of halogens is 4. The number of carbonyl (C=O) groups is 1. The smallest absolute Gasteiger partial charge is 0.370 e. The van der Waals surface area contributed by atoms with E-state index in [9.17, 15) is 18.0 Å². The molecule has 2 amide bonds. The minimum atomic E-state index is -4.50. The minimum Gasteiger partial charge on any atom is -0.370 e. The molecule has 0 atom stereocenters. The summed E-state index contributed by atoms with van der Waals surface area (Å²) in [5.74, 6) is 0. The van der Waals surface area contributed by atoms with Gasteiger partial charge in [0.1, 0.15) is 0 Å². The summed E-state index contributed by atoms with van der Waals surface area (Å²) in [4.78, 5) is 14.4. The fourth-order valence-corrected chi connectivity index (χ4v) is 3.83. The predicted molar refractivity (Wildman–Crippen MR) is 111 cm³/mol. The average molecular weight is 426 g/mol. The molecule has 0 unspecified atom stereocenters. The maximum Gasteiger partial charge on any atom is 0.416 e. The topological polar surface area (TPSA) is 44.4 Å². The Morgan fingerprint density at radius 2 is 1.79 bits per heavy atom. The lowest BCUT2D eigenvalue weighted by Gasteiger charge is -2.34. The number of nitrogens with zero attached hydrogens (tertiary/aromatic N) is 1. The van der Waals surface area contributed by atoms with Crippen LogP contribution in [0.3, 0.4) is 0 Å². The van der Waals surface area contributed by atoms with Gasteiger partial charge in [-0.2, -0.15) is 13.2 Å². The van der Waals surface area contributed by atoms with E-state index in [1.54, 1.807) is 24.3 Å². The van der Waals surface area contributed by atoms with Crippen molar-refractivity contribution < 1.29 is 18.0 Å². The number of benzene rings is 2. The lowest BCUT2D eigenvalue weighted by Crippen LogP contribution is -2.34. The highest BCUT2D eigenvalue weighted by atomic mass is 35.5. The third-order valence-electron chi connectivity index (χ3n) is 5.16. The first kappa shape index (κ1) is 21.3.